The van der Waals surface area contributed by atoms with Gasteiger partial charge in [0, 0.05) is 35.9 Å². The van der Waals surface area contributed by atoms with Gasteiger partial charge in [-0.15, -0.1) is 0 Å². The van der Waals surface area contributed by atoms with Gasteiger partial charge in [-0.05, 0) is 62.3 Å². The minimum absolute atomic E-state index is 0.0331. The van der Waals surface area contributed by atoms with Crippen molar-refractivity contribution in [2.45, 2.75) is 45.1 Å². The van der Waals surface area contributed by atoms with E-state index in [1.54, 1.807) is 12.4 Å². The molecule has 4 rings (SSSR count). The lowest BCUT2D eigenvalue weighted by Crippen LogP contribution is -2.58. The number of nitrogens with zero attached hydrogens (tertiary/aromatic N) is 3. The van der Waals surface area contributed by atoms with Crippen molar-refractivity contribution in [2.24, 2.45) is 5.92 Å². The van der Waals surface area contributed by atoms with Gasteiger partial charge >= 0.3 is 0 Å². The summed E-state index contributed by atoms with van der Waals surface area (Å²) < 4.78 is 0. The van der Waals surface area contributed by atoms with Gasteiger partial charge in [0.15, 0.2) is 0 Å². The number of fused-ring (bicyclic) bond motifs is 1. The van der Waals surface area contributed by atoms with Gasteiger partial charge in [0.1, 0.15) is 5.82 Å². The SMILES string of the molecule is CC1(C)CCN1C(=O)c1cnc(CC2Cc3ccc(Cl)cc3C2)nc1. The van der Waals surface area contributed by atoms with Crippen molar-refractivity contribution < 1.29 is 4.79 Å². The lowest BCUT2D eigenvalue weighted by Gasteiger charge is -2.48. The van der Waals surface area contributed by atoms with Gasteiger partial charge in [-0.1, -0.05) is 17.7 Å². The zero-order valence-electron chi connectivity index (χ0n) is 14.6. The first-order valence-corrected chi connectivity index (χ1v) is 9.20. The van der Waals surface area contributed by atoms with E-state index < -0.39 is 0 Å². The number of rotatable bonds is 3. The largest absolute Gasteiger partial charge is 0.333 e. The maximum Gasteiger partial charge on any atom is 0.257 e. The fourth-order valence-electron chi connectivity index (χ4n) is 3.85. The molecule has 0 bridgehead atoms. The quantitative estimate of drug-likeness (QED) is 0.843. The van der Waals surface area contributed by atoms with Crippen molar-refractivity contribution in [3.05, 3.63) is 58.1 Å². The van der Waals surface area contributed by atoms with E-state index in [9.17, 15) is 4.79 Å². The van der Waals surface area contributed by atoms with E-state index in [0.29, 0.717) is 11.5 Å². The van der Waals surface area contributed by atoms with Crippen molar-refractivity contribution in [3.8, 4) is 0 Å². The molecule has 0 spiro atoms. The monoisotopic (exact) mass is 355 g/mol. The second-order valence-electron chi connectivity index (χ2n) is 7.80. The second-order valence-corrected chi connectivity index (χ2v) is 8.24. The molecule has 5 heteroatoms. The van der Waals surface area contributed by atoms with Crippen molar-refractivity contribution in [3.63, 3.8) is 0 Å². The van der Waals surface area contributed by atoms with Crippen LogP contribution in [0.5, 0.6) is 0 Å². The number of hydrogen-bond acceptors (Lipinski definition) is 3. The van der Waals surface area contributed by atoms with Gasteiger partial charge in [0.05, 0.1) is 5.56 Å². The van der Waals surface area contributed by atoms with E-state index in [4.69, 9.17) is 11.6 Å². The van der Waals surface area contributed by atoms with Crippen LogP contribution in [0.3, 0.4) is 0 Å². The van der Waals surface area contributed by atoms with E-state index in [1.807, 2.05) is 11.0 Å². The predicted molar refractivity (Wildman–Crippen MR) is 97.8 cm³/mol. The highest BCUT2D eigenvalue weighted by atomic mass is 35.5. The summed E-state index contributed by atoms with van der Waals surface area (Å²) in [6.45, 7) is 5.00. The smallest absolute Gasteiger partial charge is 0.257 e. The number of amides is 1. The van der Waals surface area contributed by atoms with Gasteiger partial charge < -0.3 is 4.90 Å². The summed E-state index contributed by atoms with van der Waals surface area (Å²) in [6.07, 6.45) is 7.29. The third-order valence-corrected chi connectivity index (χ3v) is 5.77. The van der Waals surface area contributed by atoms with Crippen LogP contribution in [0, 0.1) is 5.92 Å². The number of carbonyl (C=O) groups is 1. The van der Waals surface area contributed by atoms with Crippen LogP contribution in [-0.2, 0) is 19.3 Å². The molecule has 2 heterocycles. The molecule has 1 saturated heterocycles. The van der Waals surface area contributed by atoms with Gasteiger partial charge in [-0.3, -0.25) is 4.79 Å². The van der Waals surface area contributed by atoms with E-state index >= 15 is 0 Å². The third kappa shape index (κ3) is 3.15. The fraction of sp³-hybridized carbons (Fsp3) is 0.450. The highest BCUT2D eigenvalue weighted by Crippen LogP contribution is 2.32. The minimum atomic E-state index is -0.0490. The van der Waals surface area contributed by atoms with Crippen molar-refractivity contribution in [2.75, 3.05) is 6.54 Å². The molecular weight excluding hydrogens is 334 g/mol. The molecule has 1 aliphatic heterocycles. The molecule has 1 fully saturated rings. The molecule has 1 aromatic carbocycles. The zero-order valence-corrected chi connectivity index (χ0v) is 15.4. The predicted octanol–water partition coefficient (Wildman–Crippen LogP) is 3.71. The zero-order chi connectivity index (χ0) is 17.6. The molecule has 130 valence electrons. The first-order chi connectivity index (χ1) is 11.9. The van der Waals surface area contributed by atoms with Crippen LogP contribution in [0.25, 0.3) is 0 Å². The summed E-state index contributed by atoms with van der Waals surface area (Å²) in [4.78, 5) is 23.3. The number of benzene rings is 1. The maximum absolute atomic E-state index is 12.5. The lowest BCUT2D eigenvalue weighted by atomic mass is 9.88. The van der Waals surface area contributed by atoms with Crippen LogP contribution in [0.4, 0.5) is 0 Å². The Morgan fingerprint density at radius 3 is 2.60 bits per heavy atom. The molecule has 1 unspecified atom stereocenters. The standard InChI is InChI=1S/C20H22ClN3O/c1-20(2)5-6-24(20)19(25)16-11-22-18(23-12-16)9-13-7-14-3-4-17(21)10-15(14)8-13/h3-4,10-13H,5-9H2,1-2H3. The van der Waals surface area contributed by atoms with Crippen LogP contribution in [0.2, 0.25) is 5.02 Å². The van der Waals surface area contributed by atoms with Crippen molar-refractivity contribution in [1.29, 1.82) is 0 Å². The average Bonchev–Trinajstić information content (AvgIpc) is 2.95. The Morgan fingerprint density at radius 2 is 1.96 bits per heavy atom. The van der Waals surface area contributed by atoms with E-state index in [1.165, 1.54) is 11.1 Å². The number of aromatic nitrogens is 2. The molecule has 4 nitrogen and oxygen atoms in total. The minimum Gasteiger partial charge on any atom is -0.333 e. The first-order valence-electron chi connectivity index (χ1n) is 8.82. The van der Waals surface area contributed by atoms with Crippen molar-refractivity contribution in [1.82, 2.24) is 14.9 Å². The van der Waals surface area contributed by atoms with Crippen LogP contribution in [0.15, 0.2) is 30.6 Å². The van der Waals surface area contributed by atoms with Gasteiger partial charge in [0.2, 0.25) is 0 Å². The van der Waals surface area contributed by atoms with Crippen molar-refractivity contribution >= 4 is 17.5 Å². The molecular formula is C20H22ClN3O. The topological polar surface area (TPSA) is 46.1 Å². The summed E-state index contributed by atoms with van der Waals surface area (Å²) in [5, 5.41) is 0.799. The molecule has 0 saturated carbocycles. The third-order valence-electron chi connectivity index (χ3n) is 5.53. The molecule has 1 atom stereocenters. The Labute approximate surface area is 153 Å². The molecule has 0 radical (unpaired) electrons. The first kappa shape index (κ1) is 16.5. The summed E-state index contributed by atoms with van der Waals surface area (Å²) in [5.41, 5.74) is 3.25. The molecule has 0 N–H and O–H groups in total. The fourth-order valence-corrected chi connectivity index (χ4v) is 4.05. The summed E-state index contributed by atoms with van der Waals surface area (Å²) >= 11 is 6.08. The number of carbonyl (C=O) groups excluding carboxylic acids is 1. The molecule has 25 heavy (non-hydrogen) atoms. The highest BCUT2D eigenvalue weighted by molar-refractivity contribution is 6.30. The van der Waals surface area contributed by atoms with Crippen LogP contribution in [-0.4, -0.2) is 32.9 Å². The maximum atomic E-state index is 12.5. The Balaban J connectivity index is 1.41. The Bertz CT molecular complexity index is 816. The van der Waals surface area contributed by atoms with Gasteiger partial charge in [-0.25, -0.2) is 9.97 Å². The average molecular weight is 356 g/mol. The number of likely N-dealkylation sites (tertiary alicyclic amines) is 1. The normalized spacial score (nSPS) is 20.9. The Kier molecular flexibility index (Phi) is 4.03. The molecule has 2 aromatic rings. The molecule has 1 aromatic heterocycles. The van der Waals surface area contributed by atoms with E-state index in [-0.39, 0.29) is 11.4 Å². The molecule has 1 amide bonds. The Morgan fingerprint density at radius 1 is 1.24 bits per heavy atom. The van der Waals surface area contributed by atoms with E-state index in [2.05, 4.69) is 35.9 Å². The van der Waals surface area contributed by atoms with Crippen LogP contribution >= 0.6 is 11.6 Å². The van der Waals surface area contributed by atoms with Crippen LogP contribution < -0.4 is 0 Å². The van der Waals surface area contributed by atoms with Gasteiger partial charge in [0.25, 0.3) is 5.91 Å². The summed E-state index contributed by atoms with van der Waals surface area (Å²) in [5.74, 6) is 1.35. The number of hydrogen-bond donors (Lipinski definition) is 0. The number of halogens is 1. The van der Waals surface area contributed by atoms with Gasteiger partial charge in [-0.2, -0.15) is 0 Å². The summed E-state index contributed by atoms with van der Waals surface area (Å²) in [7, 11) is 0. The molecule has 1 aliphatic carbocycles. The second kappa shape index (κ2) is 6.10. The van der Waals surface area contributed by atoms with Crippen LogP contribution in [0.1, 0.15) is 47.6 Å². The molecule has 2 aliphatic rings. The lowest BCUT2D eigenvalue weighted by molar-refractivity contribution is 0.0157. The summed E-state index contributed by atoms with van der Waals surface area (Å²) in [6, 6.07) is 6.14. The Hall–Kier alpha value is -1.94. The highest BCUT2D eigenvalue weighted by Gasteiger charge is 2.39. The van der Waals surface area contributed by atoms with E-state index in [0.717, 1.165) is 43.1 Å².